The van der Waals surface area contributed by atoms with Crippen molar-refractivity contribution >= 4 is 29.2 Å². The van der Waals surface area contributed by atoms with Crippen LogP contribution in [0.3, 0.4) is 0 Å². The van der Waals surface area contributed by atoms with E-state index < -0.39 is 23.8 Å². The summed E-state index contributed by atoms with van der Waals surface area (Å²) in [5.74, 6) is -1.23. The van der Waals surface area contributed by atoms with Crippen molar-refractivity contribution in [1.29, 1.82) is 0 Å². The van der Waals surface area contributed by atoms with Crippen LogP contribution in [-0.4, -0.2) is 25.2 Å². The molecule has 140 valence electrons. The number of halogens is 2. The molecule has 0 saturated heterocycles. The summed E-state index contributed by atoms with van der Waals surface area (Å²) in [4.78, 5) is 24.3. The number of hydrogen-bond donors (Lipinski definition) is 1. The van der Waals surface area contributed by atoms with Gasteiger partial charge >= 0.3 is 11.9 Å². The Morgan fingerprint density at radius 1 is 1.23 bits per heavy atom. The molecule has 1 N–H and O–H groups in total. The molecule has 0 aliphatic carbocycles. The average molecular weight is 384 g/mol. The first-order valence-electron chi connectivity index (χ1n) is 8.03. The maximum Gasteiger partial charge on any atom is 0.341 e. The number of carbonyl (C=O) groups excluding carboxylic acids is 2. The second kappa shape index (κ2) is 8.71. The van der Waals surface area contributed by atoms with E-state index in [0.29, 0.717) is 11.4 Å². The molecule has 2 aromatic rings. The van der Waals surface area contributed by atoms with Crippen LogP contribution in [0.25, 0.3) is 0 Å². The minimum atomic E-state index is -1.07. The molecule has 2 rings (SSSR count). The third kappa shape index (κ3) is 4.54. The van der Waals surface area contributed by atoms with E-state index in [0.717, 1.165) is 6.07 Å². The van der Waals surface area contributed by atoms with Crippen molar-refractivity contribution in [2.45, 2.75) is 26.8 Å². The molecule has 0 aliphatic rings. The Morgan fingerprint density at radius 3 is 2.54 bits per heavy atom. The highest BCUT2D eigenvalue weighted by Gasteiger charge is 2.29. The van der Waals surface area contributed by atoms with Crippen LogP contribution in [0, 0.1) is 12.7 Å². The lowest BCUT2D eigenvalue weighted by molar-refractivity contribution is -0.144. The number of rotatable bonds is 7. The summed E-state index contributed by atoms with van der Waals surface area (Å²) in [7, 11) is 0. The third-order valence-electron chi connectivity index (χ3n) is 3.47. The molecule has 0 saturated carbocycles. The highest BCUT2D eigenvalue weighted by Crippen LogP contribution is 2.30. The van der Waals surface area contributed by atoms with Gasteiger partial charge in [-0.05, 0) is 45.0 Å². The van der Waals surface area contributed by atoms with Gasteiger partial charge in [0.2, 0.25) is 0 Å². The van der Waals surface area contributed by atoms with Gasteiger partial charge in [-0.2, -0.15) is 0 Å². The van der Waals surface area contributed by atoms with Gasteiger partial charge < -0.3 is 19.2 Å². The van der Waals surface area contributed by atoms with Crippen molar-refractivity contribution in [1.82, 2.24) is 0 Å². The Bertz CT molecular complexity index is 805. The molecule has 1 aromatic heterocycles. The number of furan rings is 1. The summed E-state index contributed by atoms with van der Waals surface area (Å²) in [5, 5.41) is 2.96. The van der Waals surface area contributed by atoms with Gasteiger partial charge in [0.05, 0.1) is 23.9 Å². The molecule has 8 heteroatoms. The summed E-state index contributed by atoms with van der Waals surface area (Å²) in [6, 6.07) is 4.06. The van der Waals surface area contributed by atoms with Gasteiger partial charge in [0, 0.05) is 0 Å². The van der Waals surface area contributed by atoms with Crippen LogP contribution in [0.5, 0.6) is 0 Å². The van der Waals surface area contributed by atoms with E-state index in [9.17, 15) is 14.0 Å². The highest BCUT2D eigenvalue weighted by atomic mass is 35.5. The highest BCUT2D eigenvalue weighted by molar-refractivity contribution is 6.33. The molecule has 1 atom stereocenters. The number of esters is 2. The standard InChI is InChI=1S/C18H19ClFNO5/c1-4-24-17(22)12-9-15(26-10(12)3)16(18(23)25-5-2)21-14-7-6-11(20)8-13(14)19/h6-9,16,21H,4-5H2,1-3H3. The van der Waals surface area contributed by atoms with Crippen molar-refractivity contribution in [3.05, 3.63) is 52.2 Å². The van der Waals surface area contributed by atoms with Crippen LogP contribution in [0.2, 0.25) is 5.02 Å². The predicted octanol–water partition coefficient (Wildman–Crippen LogP) is 4.27. The summed E-state index contributed by atoms with van der Waals surface area (Å²) >= 11 is 6.01. The molecule has 0 fully saturated rings. The molecule has 26 heavy (non-hydrogen) atoms. The summed E-state index contributed by atoms with van der Waals surface area (Å²) in [6.45, 7) is 5.30. The second-order valence-corrected chi connectivity index (χ2v) is 5.70. The first kappa shape index (κ1) is 19.8. The summed E-state index contributed by atoms with van der Waals surface area (Å²) in [5.41, 5.74) is 0.529. The van der Waals surface area contributed by atoms with E-state index in [1.54, 1.807) is 20.8 Å². The fraction of sp³-hybridized carbons (Fsp3) is 0.333. The van der Waals surface area contributed by atoms with Gasteiger partial charge in [-0.25, -0.2) is 14.0 Å². The molecule has 1 unspecified atom stereocenters. The van der Waals surface area contributed by atoms with Crippen molar-refractivity contribution in [3.8, 4) is 0 Å². The lowest BCUT2D eigenvalue weighted by atomic mass is 10.1. The quantitative estimate of drug-likeness (QED) is 0.719. The van der Waals surface area contributed by atoms with Crippen LogP contribution in [-0.2, 0) is 14.3 Å². The smallest absolute Gasteiger partial charge is 0.341 e. The van der Waals surface area contributed by atoms with Gasteiger partial charge in [-0.1, -0.05) is 11.6 Å². The lowest BCUT2D eigenvalue weighted by Crippen LogP contribution is -2.23. The van der Waals surface area contributed by atoms with Gasteiger partial charge in [0.1, 0.15) is 22.9 Å². The van der Waals surface area contributed by atoms with E-state index in [1.165, 1.54) is 18.2 Å². The van der Waals surface area contributed by atoms with E-state index in [1.807, 2.05) is 0 Å². The van der Waals surface area contributed by atoms with Gasteiger partial charge in [-0.3, -0.25) is 0 Å². The van der Waals surface area contributed by atoms with Gasteiger partial charge in [0.15, 0.2) is 6.04 Å². The zero-order valence-corrected chi connectivity index (χ0v) is 15.4. The largest absolute Gasteiger partial charge is 0.464 e. The number of hydrogen-bond acceptors (Lipinski definition) is 6. The lowest BCUT2D eigenvalue weighted by Gasteiger charge is -2.17. The normalized spacial score (nSPS) is 11.7. The Kier molecular flexibility index (Phi) is 6.63. The second-order valence-electron chi connectivity index (χ2n) is 5.29. The first-order valence-corrected chi connectivity index (χ1v) is 8.40. The third-order valence-corrected chi connectivity index (χ3v) is 3.78. The molecule has 0 aliphatic heterocycles. The fourth-order valence-electron chi connectivity index (χ4n) is 2.29. The van der Waals surface area contributed by atoms with Crippen molar-refractivity contribution < 1.29 is 27.9 Å². The minimum absolute atomic E-state index is 0.0909. The van der Waals surface area contributed by atoms with Gasteiger partial charge in [0.25, 0.3) is 0 Å². The Morgan fingerprint density at radius 2 is 1.92 bits per heavy atom. The van der Waals surface area contributed by atoms with E-state index in [4.69, 9.17) is 25.5 Å². The van der Waals surface area contributed by atoms with Crippen molar-refractivity contribution in [3.63, 3.8) is 0 Å². The molecule has 0 radical (unpaired) electrons. The molecule has 0 spiro atoms. The number of nitrogens with one attached hydrogen (secondary N) is 1. The maximum absolute atomic E-state index is 13.2. The van der Waals surface area contributed by atoms with Crippen molar-refractivity contribution in [2.75, 3.05) is 18.5 Å². The Hall–Kier alpha value is -2.54. The Balaban J connectivity index is 2.37. The number of benzene rings is 1. The van der Waals surface area contributed by atoms with Crippen LogP contribution in [0.4, 0.5) is 10.1 Å². The van der Waals surface area contributed by atoms with E-state index in [-0.39, 0.29) is 29.6 Å². The van der Waals surface area contributed by atoms with Crippen LogP contribution < -0.4 is 5.32 Å². The number of ether oxygens (including phenoxy) is 2. The molecule has 0 amide bonds. The van der Waals surface area contributed by atoms with E-state index >= 15 is 0 Å². The molecule has 0 bridgehead atoms. The van der Waals surface area contributed by atoms with E-state index in [2.05, 4.69) is 5.32 Å². The number of carbonyl (C=O) groups is 2. The molecule has 6 nitrogen and oxygen atoms in total. The average Bonchev–Trinajstić information content (AvgIpc) is 2.96. The minimum Gasteiger partial charge on any atom is -0.464 e. The molecular formula is C18H19ClFNO5. The summed E-state index contributed by atoms with van der Waals surface area (Å²) in [6.07, 6.45) is 0. The number of aryl methyl sites for hydroxylation is 1. The van der Waals surface area contributed by atoms with Crippen LogP contribution in [0.15, 0.2) is 28.7 Å². The van der Waals surface area contributed by atoms with Crippen LogP contribution >= 0.6 is 11.6 Å². The van der Waals surface area contributed by atoms with Gasteiger partial charge in [-0.15, -0.1) is 0 Å². The zero-order chi connectivity index (χ0) is 19.3. The molecule has 1 heterocycles. The van der Waals surface area contributed by atoms with Crippen molar-refractivity contribution in [2.24, 2.45) is 0 Å². The predicted molar refractivity (Wildman–Crippen MR) is 93.8 cm³/mol. The maximum atomic E-state index is 13.2. The Labute approximate surface area is 155 Å². The monoisotopic (exact) mass is 383 g/mol. The topological polar surface area (TPSA) is 77.8 Å². The van der Waals surface area contributed by atoms with Crippen LogP contribution in [0.1, 0.15) is 41.8 Å². The SMILES string of the molecule is CCOC(=O)c1cc(C(Nc2ccc(F)cc2Cl)C(=O)OCC)oc1C. The molecule has 1 aromatic carbocycles. The summed E-state index contributed by atoms with van der Waals surface area (Å²) < 4.78 is 28.8. The molecular weight excluding hydrogens is 365 g/mol. The fourth-order valence-corrected chi connectivity index (χ4v) is 2.51. The first-order chi connectivity index (χ1) is 12.4. The zero-order valence-electron chi connectivity index (χ0n) is 14.6. The number of anilines is 1.